The zero-order chi connectivity index (χ0) is 27.5. The van der Waals surface area contributed by atoms with Gasteiger partial charge < -0.3 is 15.1 Å². The van der Waals surface area contributed by atoms with Gasteiger partial charge in [-0.1, -0.05) is 12.1 Å². The molecule has 6 rings (SSSR count). The van der Waals surface area contributed by atoms with Gasteiger partial charge in [0.15, 0.2) is 6.04 Å². The molecule has 0 unspecified atom stereocenters. The maximum Gasteiger partial charge on any atom is 0.413 e. The van der Waals surface area contributed by atoms with Crippen LogP contribution >= 0.6 is 0 Å². The summed E-state index contributed by atoms with van der Waals surface area (Å²) in [7, 11) is 1.23. The number of pyridine rings is 2. The molecule has 2 aromatic heterocycles. The number of carbonyl (C=O) groups excluding carboxylic acids is 2. The van der Waals surface area contributed by atoms with Crippen molar-refractivity contribution in [3.05, 3.63) is 59.9 Å². The van der Waals surface area contributed by atoms with Crippen molar-refractivity contribution in [1.29, 1.82) is 0 Å². The third-order valence-corrected chi connectivity index (χ3v) is 8.41. The third kappa shape index (κ3) is 4.70. The Morgan fingerprint density at radius 2 is 1.79 bits per heavy atom. The van der Waals surface area contributed by atoms with Gasteiger partial charge in [-0.25, -0.2) is 0 Å². The van der Waals surface area contributed by atoms with E-state index in [0.717, 1.165) is 40.0 Å². The molecule has 3 heterocycles. The number of carbonyl (C=O) groups is 2. The lowest BCUT2D eigenvalue weighted by Crippen LogP contribution is -2.65. The largest absolute Gasteiger partial charge is 0.413 e. The predicted molar refractivity (Wildman–Crippen MR) is 140 cm³/mol. The molecule has 0 radical (unpaired) electrons. The minimum Gasteiger partial charge on any atom is -0.354 e. The number of halogens is 3. The quantitative estimate of drug-likeness (QED) is 0.445. The lowest BCUT2D eigenvalue weighted by molar-refractivity contribution is -0.196. The Labute approximate surface area is 224 Å². The molecule has 1 saturated heterocycles. The van der Waals surface area contributed by atoms with Crippen LogP contribution in [0.2, 0.25) is 0 Å². The van der Waals surface area contributed by atoms with E-state index in [1.807, 2.05) is 12.1 Å². The first-order chi connectivity index (χ1) is 18.5. The van der Waals surface area contributed by atoms with Crippen molar-refractivity contribution in [2.24, 2.45) is 11.3 Å². The van der Waals surface area contributed by atoms with Crippen molar-refractivity contribution in [2.45, 2.75) is 50.7 Å². The van der Waals surface area contributed by atoms with Gasteiger partial charge in [-0.3, -0.25) is 19.6 Å². The first-order valence-electron chi connectivity index (χ1n) is 13.2. The van der Waals surface area contributed by atoms with E-state index < -0.39 is 24.0 Å². The molecular weight excluding hydrogens is 507 g/mol. The molecule has 3 aliphatic rings. The number of alkyl halides is 3. The Bertz CT molecular complexity index is 1420. The van der Waals surface area contributed by atoms with Crippen LogP contribution in [-0.2, 0) is 9.59 Å². The monoisotopic (exact) mass is 537 g/mol. The van der Waals surface area contributed by atoms with Crippen LogP contribution in [0.3, 0.4) is 0 Å². The Morgan fingerprint density at radius 3 is 2.41 bits per heavy atom. The van der Waals surface area contributed by atoms with E-state index in [0.29, 0.717) is 37.5 Å². The van der Waals surface area contributed by atoms with E-state index >= 15 is 0 Å². The van der Waals surface area contributed by atoms with Crippen LogP contribution in [0.1, 0.15) is 55.7 Å². The number of nitrogens with one attached hydrogen (secondary N) is 1. The number of hydrogen-bond acceptors (Lipinski definition) is 5. The summed E-state index contributed by atoms with van der Waals surface area (Å²) in [5.41, 5.74) is 4.06. The zero-order valence-electron chi connectivity index (χ0n) is 21.8. The fourth-order valence-electron chi connectivity index (χ4n) is 6.28. The highest BCUT2D eigenvalue weighted by atomic mass is 19.4. The average molecular weight is 538 g/mol. The van der Waals surface area contributed by atoms with Gasteiger partial charge in [0, 0.05) is 55.8 Å². The Hall–Kier alpha value is -3.69. The molecular formula is C29H30F3N5O2. The van der Waals surface area contributed by atoms with E-state index in [9.17, 15) is 22.8 Å². The standard InChI is InChI=1S/C29H30F3N5O2/c1-17(38)37-15-28(16-37)12-20(13-28)27(39)36(2)26(29(30,31)32)19-7-9-21(10-8-19)35-23-14-34-22-4-3-11-33-25(22)24(23)18-5-6-18/h3-4,7-11,14,18,20,26,35H,5-6,12-13,15-16H2,1-2H3/t26-/m0/s1. The highest BCUT2D eigenvalue weighted by Gasteiger charge is 2.57. The van der Waals surface area contributed by atoms with Crippen LogP contribution in [0.5, 0.6) is 0 Å². The van der Waals surface area contributed by atoms with Crippen LogP contribution in [0, 0.1) is 11.3 Å². The van der Waals surface area contributed by atoms with E-state index in [1.165, 1.54) is 26.1 Å². The third-order valence-electron chi connectivity index (χ3n) is 8.41. The molecule has 3 fully saturated rings. The predicted octanol–water partition coefficient (Wildman–Crippen LogP) is 5.57. The van der Waals surface area contributed by atoms with Gasteiger partial charge in [0.1, 0.15) is 0 Å². The number of rotatable bonds is 6. The SMILES string of the molecule is CC(=O)N1CC2(CC(C(=O)N(C)[C@@H](c3ccc(Nc4cnc5cccnc5c4C4CC4)cc3)C(F)(F)F)C2)C1. The molecule has 2 saturated carbocycles. The molecule has 1 N–H and O–H groups in total. The number of fused-ring (bicyclic) bond motifs is 1. The van der Waals surface area contributed by atoms with E-state index in [-0.39, 0.29) is 16.9 Å². The fourth-order valence-corrected chi connectivity index (χ4v) is 6.28. The molecule has 2 amide bonds. The molecule has 204 valence electrons. The van der Waals surface area contributed by atoms with Gasteiger partial charge in [0.05, 0.1) is 22.9 Å². The molecule has 3 aromatic rings. The summed E-state index contributed by atoms with van der Waals surface area (Å²) < 4.78 is 42.7. The number of hydrogen-bond donors (Lipinski definition) is 1. The summed E-state index contributed by atoms with van der Waals surface area (Å²) in [6.07, 6.45) is 2.02. The van der Waals surface area contributed by atoms with Crippen molar-refractivity contribution < 1.29 is 22.8 Å². The lowest BCUT2D eigenvalue weighted by Gasteiger charge is -2.58. The molecule has 1 atom stereocenters. The molecule has 2 aliphatic carbocycles. The van der Waals surface area contributed by atoms with Crippen molar-refractivity contribution in [1.82, 2.24) is 19.8 Å². The minimum atomic E-state index is -4.63. The summed E-state index contributed by atoms with van der Waals surface area (Å²) in [6, 6.07) is 7.77. The maximum absolute atomic E-state index is 14.2. The summed E-state index contributed by atoms with van der Waals surface area (Å²) in [5, 5.41) is 3.32. The topological polar surface area (TPSA) is 78.4 Å². The number of anilines is 2. The van der Waals surface area contributed by atoms with Gasteiger partial charge in [-0.15, -0.1) is 0 Å². The number of nitrogens with zero attached hydrogens (tertiary/aromatic N) is 4. The van der Waals surface area contributed by atoms with E-state index in [2.05, 4.69) is 15.3 Å². The van der Waals surface area contributed by atoms with Crippen LogP contribution < -0.4 is 5.32 Å². The lowest BCUT2D eigenvalue weighted by atomic mass is 9.57. The van der Waals surface area contributed by atoms with Gasteiger partial charge in [0.25, 0.3) is 0 Å². The van der Waals surface area contributed by atoms with Gasteiger partial charge >= 0.3 is 6.18 Å². The van der Waals surface area contributed by atoms with Gasteiger partial charge in [0.2, 0.25) is 11.8 Å². The second-order valence-corrected chi connectivity index (χ2v) is 11.4. The molecule has 0 bridgehead atoms. The second kappa shape index (κ2) is 9.20. The van der Waals surface area contributed by atoms with E-state index in [4.69, 9.17) is 0 Å². The number of aromatic nitrogens is 2. The molecule has 7 nitrogen and oxygen atoms in total. The molecule has 1 aromatic carbocycles. The van der Waals surface area contributed by atoms with Crippen LogP contribution in [0.25, 0.3) is 11.0 Å². The van der Waals surface area contributed by atoms with Crippen LogP contribution in [-0.4, -0.2) is 57.9 Å². The fraction of sp³-hybridized carbons (Fsp3) is 0.448. The normalized spacial score (nSPS) is 19.4. The summed E-state index contributed by atoms with van der Waals surface area (Å²) in [4.78, 5) is 36.1. The minimum absolute atomic E-state index is 0.00468. The van der Waals surface area contributed by atoms with Crippen LogP contribution in [0.15, 0.2) is 48.8 Å². The maximum atomic E-state index is 14.2. The average Bonchev–Trinajstić information content (AvgIpc) is 3.67. The first kappa shape index (κ1) is 25.6. The van der Waals surface area contributed by atoms with E-state index in [1.54, 1.807) is 29.4 Å². The Morgan fingerprint density at radius 1 is 1.10 bits per heavy atom. The van der Waals surface area contributed by atoms with Crippen LogP contribution in [0.4, 0.5) is 24.5 Å². The molecule has 10 heteroatoms. The smallest absolute Gasteiger partial charge is 0.354 e. The number of amides is 2. The Balaban J connectivity index is 1.18. The Kier molecular flexibility index (Phi) is 6.04. The van der Waals surface area contributed by atoms with Gasteiger partial charge in [-0.05, 0) is 61.4 Å². The second-order valence-electron chi connectivity index (χ2n) is 11.4. The van der Waals surface area contributed by atoms with Crippen molar-refractivity contribution in [3.8, 4) is 0 Å². The highest BCUT2D eigenvalue weighted by Crippen LogP contribution is 2.53. The van der Waals surface area contributed by atoms with Crippen molar-refractivity contribution in [3.63, 3.8) is 0 Å². The van der Waals surface area contributed by atoms with Gasteiger partial charge in [-0.2, -0.15) is 13.2 Å². The summed E-state index contributed by atoms with van der Waals surface area (Å²) in [6.45, 7) is 2.66. The molecule has 39 heavy (non-hydrogen) atoms. The van der Waals surface area contributed by atoms with Crippen molar-refractivity contribution in [2.75, 3.05) is 25.5 Å². The zero-order valence-corrected chi connectivity index (χ0v) is 21.8. The summed E-state index contributed by atoms with van der Waals surface area (Å²) in [5.74, 6) is -0.586. The molecule has 1 spiro atoms. The highest BCUT2D eigenvalue weighted by molar-refractivity contribution is 5.85. The number of benzene rings is 1. The number of likely N-dealkylation sites (tertiary alicyclic amines) is 1. The molecule has 1 aliphatic heterocycles. The summed E-state index contributed by atoms with van der Waals surface area (Å²) >= 11 is 0. The first-order valence-corrected chi connectivity index (χ1v) is 13.2. The van der Waals surface area contributed by atoms with Crippen molar-refractivity contribution >= 4 is 34.2 Å².